The van der Waals surface area contributed by atoms with Crippen LogP contribution in [0, 0.1) is 5.41 Å². The highest BCUT2D eigenvalue weighted by molar-refractivity contribution is 6.06. The number of furan rings is 1. The topological polar surface area (TPSA) is 79.5 Å². The molecular formula is C17H21NO4. The van der Waals surface area contributed by atoms with Gasteiger partial charge in [-0.15, -0.1) is 0 Å². The number of fused-ring (bicyclic) bond motifs is 1. The molecule has 1 atom stereocenters. The number of hydrogen-bond donors (Lipinski definition) is 2. The van der Waals surface area contributed by atoms with Crippen LogP contribution in [0.15, 0.2) is 34.9 Å². The van der Waals surface area contributed by atoms with E-state index in [9.17, 15) is 14.7 Å². The van der Waals surface area contributed by atoms with Crippen molar-refractivity contribution in [1.82, 2.24) is 5.32 Å². The minimum absolute atomic E-state index is 0.0146. The van der Waals surface area contributed by atoms with Crippen LogP contribution in [-0.4, -0.2) is 23.0 Å². The maximum absolute atomic E-state index is 12.3. The first kappa shape index (κ1) is 16.1. The zero-order valence-electron chi connectivity index (χ0n) is 13.1. The summed E-state index contributed by atoms with van der Waals surface area (Å²) in [6, 6.07) is 6.26. The molecule has 2 aromatic rings. The van der Waals surface area contributed by atoms with Gasteiger partial charge in [0, 0.05) is 5.39 Å². The molecule has 2 N–H and O–H groups in total. The van der Waals surface area contributed by atoms with Crippen LogP contribution in [0.1, 0.15) is 44.0 Å². The van der Waals surface area contributed by atoms with Gasteiger partial charge in [-0.2, -0.15) is 0 Å². The lowest BCUT2D eigenvalue weighted by Crippen LogP contribution is -2.41. The number of benzene rings is 1. The predicted molar refractivity (Wildman–Crippen MR) is 83.8 cm³/mol. The summed E-state index contributed by atoms with van der Waals surface area (Å²) in [6.45, 7) is 6.12. The SMILES string of the molecule is CC(C)(C)CCC(NC(=O)c1coc2ccccc12)C(=O)O. The first-order chi connectivity index (χ1) is 10.3. The zero-order chi connectivity index (χ0) is 16.3. The maximum Gasteiger partial charge on any atom is 0.326 e. The standard InChI is InChI=1S/C17H21NO4/c1-17(2,3)9-8-13(16(20)21)18-15(19)12-10-22-14-7-5-4-6-11(12)14/h4-7,10,13H,8-9H2,1-3H3,(H,18,19)(H,20,21). The highest BCUT2D eigenvalue weighted by atomic mass is 16.4. The predicted octanol–water partition coefficient (Wildman–Crippen LogP) is 3.44. The third-order valence-electron chi connectivity index (χ3n) is 3.51. The van der Waals surface area contributed by atoms with Crippen molar-refractivity contribution in [2.75, 3.05) is 0 Å². The molecule has 1 unspecified atom stereocenters. The van der Waals surface area contributed by atoms with E-state index >= 15 is 0 Å². The zero-order valence-corrected chi connectivity index (χ0v) is 13.1. The van der Waals surface area contributed by atoms with Gasteiger partial charge in [-0.25, -0.2) is 4.79 Å². The molecule has 0 saturated carbocycles. The van der Waals surface area contributed by atoms with Crippen molar-refractivity contribution < 1.29 is 19.1 Å². The van der Waals surface area contributed by atoms with Crippen LogP contribution < -0.4 is 5.32 Å². The average Bonchev–Trinajstić information content (AvgIpc) is 2.85. The van der Waals surface area contributed by atoms with E-state index in [4.69, 9.17) is 4.42 Å². The first-order valence-electron chi connectivity index (χ1n) is 7.28. The van der Waals surface area contributed by atoms with Crippen molar-refractivity contribution in [1.29, 1.82) is 0 Å². The van der Waals surface area contributed by atoms with Crippen molar-refractivity contribution in [3.05, 3.63) is 36.1 Å². The Hall–Kier alpha value is -2.30. The number of amides is 1. The highest BCUT2D eigenvalue weighted by Crippen LogP contribution is 2.23. The summed E-state index contributed by atoms with van der Waals surface area (Å²) < 4.78 is 5.32. The van der Waals surface area contributed by atoms with Gasteiger partial charge in [-0.3, -0.25) is 4.79 Å². The molecule has 0 radical (unpaired) electrons. The molecule has 0 aliphatic heterocycles. The molecule has 1 aromatic carbocycles. The van der Waals surface area contributed by atoms with Crippen LogP contribution in [0.4, 0.5) is 0 Å². The summed E-state index contributed by atoms with van der Waals surface area (Å²) in [5, 5.41) is 12.6. The van der Waals surface area contributed by atoms with Gasteiger partial charge in [0.15, 0.2) is 0 Å². The van der Waals surface area contributed by atoms with Crippen LogP contribution in [-0.2, 0) is 4.79 Å². The molecule has 2 rings (SSSR count). The molecule has 1 aromatic heterocycles. The lowest BCUT2D eigenvalue weighted by atomic mass is 9.88. The van der Waals surface area contributed by atoms with Crippen molar-refractivity contribution in [2.45, 2.75) is 39.7 Å². The van der Waals surface area contributed by atoms with E-state index in [-0.39, 0.29) is 5.41 Å². The third-order valence-corrected chi connectivity index (χ3v) is 3.51. The fraction of sp³-hybridized carbons (Fsp3) is 0.412. The second kappa shape index (κ2) is 6.22. The second-order valence-corrected chi connectivity index (χ2v) is 6.61. The average molecular weight is 303 g/mol. The van der Waals surface area contributed by atoms with Gasteiger partial charge < -0.3 is 14.8 Å². The Kier molecular flexibility index (Phi) is 4.54. The van der Waals surface area contributed by atoms with Crippen molar-refractivity contribution in [3.8, 4) is 0 Å². The van der Waals surface area contributed by atoms with E-state index in [1.807, 2.05) is 32.9 Å². The smallest absolute Gasteiger partial charge is 0.326 e. The van der Waals surface area contributed by atoms with E-state index < -0.39 is 17.9 Å². The Bertz CT molecular complexity index is 681. The maximum atomic E-state index is 12.3. The summed E-state index contributed by atoms with van der Waals surface area (Å²) in [5.41, 5.74) is 0.979. The molecule has 1 amide bonds. The summed E-state index contributed by atoms with van der Waals surface area (Å²) >= 11 is 0. The molecular weight excluding hydrogens is 282 g/mol. The monoisotopic (exact) mass is 303 g/mol. The van der Waals surface area contributed by atoms with Crippen LogP contribution in [0.3, 0.4) is 0 Å². The van der Waals surface area contributed by atoms with Crippen LogP contribution in [0.2, 0.25) is 0 Å². The molecule has 22 heavy (non-hydrogen) atoms. The summed E-state index contributed by atoms with van der Waals surface area (Å²) in [6.07, 6.45) is 2.46. The summed E-state index contributed by atoms with van der Waals surface area (Å²) in [7, 11) is 0. The fourth-order valence-corrected chi connectivity index (χ4v) is 2.22. The van der Waals surface area contributed by atoms with Gasteiger partial charge >= 0.3 is 5.97 Å². The Morgan fingerprint density at radius 1 is 1.27 bits per heavy atom. The minimum atomic E-state index is -1.02. The number of carboxylic acid groups (broad SMARTS) is 1. The molecule has 0 saturated heterocycles. The number of carbonyl (C=O) groups is 2. The Morgan fingerprint density at radius 3 is 2.59 bits per heavy atom. The second-order valence-electron chi connectivity index (χ2n) is 6.61. The lowest BCUT2D eigenvalue weighted by Gasteiger charge is -2.21. The minimum Gasteiger partial charge on any atom is -0.480 e. The lowest BCUT2D eigenvalue weighted by molar-refractivity contribution is -0.139. The van der Waals surface area contributed by atoms with Gasteiger partial charge in [0.05, 0.1) is 5.56 Å². The number of carbonyl (C=O) groups excluding carboxylic acids is 1. The van der Waals surface area contributed by atoms with Crippen LogP contribution in [0.5, 0.6) is 0 Å². The van der Waals surface area contributed by atoms with E-state index in [1.165, 1.54) is 6.26 Å². The molecule has 5 nitrogen and oxygen atoms in total. The van der Waals surface area contributed by atoms with E-state index in [1.54, 1.807) is 12.1 Å². The molecule has 1 heterocycles. The number of rotatable bonds is 5. The van der Waals surface area contributed by atoms with Crippen molar-refractivity contribution >= 4 is 22.8 Å². The number of aliphatic carboxylic acids is 1. The van der Waals surface area contributed by atoms with E-state index in [0.29, 0.717) is 29.4 Å². The molecule has 0 fully saturated rings. The molecule has 0 aliphatic carbocycles. The molecule has 118 valence electrons. The molecule has 0 bridgehead atoms. The van der Waals surface area contributed by atoms with E-state index in [0.717, 1.165) is 0 Å². The van der Waals surface area contributed by atoms with Crippen molar-refractivity contribution in [2.24, 2.45) is 5.41 Å². The largest absolute Gasteiger partial charge is 0.480 e. The highest BCUT2D eigenvalue weighted by Gasteiger charge is 2.24. The first-order valence-corrected chi connectivity index (χ1v) is 7.28. The quantitative estimate of drug-likeness (QED) is 0.886. The number of carboxylic acids is 1. The number of hydrogen-bond acceptors (Lipinski definition) is 3. The Balaban J connectivity index is 2.13. The summed E-state index contributed by atoms with van der Waals surface area (Å²) in [4.78, 5) is 23.7. The number of para-hydroxylation sites is 1. The molecule has 0 spiro atoms. The van der Waals surface area contributed by atoms with Crippen LogP contribution >= 0.6 is 0 Å². The fourth-order valence-electron chi connectivity index (χ4n) is 2.22. The summed E-state index contributed by atoms with van der Waals surface area (Å²) in [5.74, 6) is -1.45. The van der Waals surface area contributed by atoms with Gasteiger partial charge in [0.25, 0.3) is 5.91 Å². The Morgan fingerprint density at radius 2 is 1.95 bits per heavy atom. The van der Waals surface area contributed by atoms with Gasteiger partial charge in [-0.05, 0) is 24.3 Å². The Labute approximate surface area is 129 Å². The van der Waals surface area contributed by atoms with Gasteiger partial charge in [0.2, 0.25) is 0 Å². The normalized spacial score (nSPS) is 13.0. The van der Waals surface area contributed by atoms with E-state index in [2.05, 4.69) is 5.32 Å². The molecule has 5 heteroatoms. The van der Waals surface area contributed by atoms with Gasteiger partial charge in [0.1, 0.15) is 17.9 Å². The van der Waals surface area contributed by atoms with Gasteiger partial charge in [-0.1, -0.05) is 39.0 Å². The van der Waals surface area contributed by atoms with Crippen molar-refractivity contribution in [3.63, 3.8) is 0 Å². The number of nitrogens with one attached hydrogen (secondary N) is 1. The third kappa shape index (κ3) is 3.87. The van der Waals surface area contributed by atoms with Crippen LogP contribution in [0.25, 0.3) is 11.0 Å². The molecule has 0 aliphatic rings.